The summed E-state index contributed by atoms with van der Waals surface area (Å²) in [5.41, 5.74) is 4.26. The number of hydrogen-bond donors (Lipinski definition) is 1. The highest BCUT2D eigenvalue weighted by Gasteiger charge is 2.19. The molecule has 0 spiro atoms. The molecule has 0 heterocycles. The fourth-order valence-electron chi connectivity index (χ4n) is 2.81. The Bertz CT molecular complexity index is 673. The van der Waals surface area contributed by atoms with Gasteiger partial charge in [-0.15, -0.1) is 0 Å². The van der Waals surface area contributed by atoms with Crippen molar-refractivity contribution in [1.82, 2.24) is 0 Å². The maximum atomic E-state index is 9.04. The minimum absolute atomic E-state index is 0.313. The van der Waals surface area contributed by atoms with Gasteiger partial charge in [-0.25, -0.2) is 0 Å². The molecule has 0 aliphatic heterocycles. The van der Waals surface area contributed by atoms with Crippen molar-refractivity contribution in [2.75, 3.05) is 5.32 Å². The van der Waals surface area contributed by atoms with E-state index in [1.165, 1.54) is 17.5 Å². The van der Waals surface area contributed by atoms with Gasteiger partial charge in [-0.1, -0.05) is 35.9 Å². The van der Waals surface area contributed by atoms with Crippen molar-refractivity contribution in [3.8, 4) is 6.07 Å². The Hall–Kier alpha value is -1.98. The largest absolute Gasteiger partial charge is 0.378 e. The first-order valence-corrected chi connectivity index (χ1v) is 7.20. The van der Waals surface area contributed by atoms with Gasteiger partial charge in [0.25, 0.3) is 0 Å². The lowest BCUT2D eigenvalue weighted by Gasteiger charge is -2.27. The van der Waals surface area contributed by atoms with Crippen molar-refractivity contribution in [2.24, 2.45) is 0 Å². The topological polar surface area (TPSA) is 35.8 Å². The Morgan fingerprint density at radius 2 is 2.05 bits per heavy atom. The molecule has 0 radical (unpaired) electrons. The van der Waals surface area contributed by atoms with Gasteiger partial charge < -0.3 is 5.32 Å². The van der Waals surface area contributed by atoms with Crippen molar-refractivity contribution in [3.05, 3.63) is 64.2 Å². The van der Waals surface area contributed by atoms with E-state index in [-0.39, 0.29) is 0 Å². The third-order valence-corrected chi connectivity index (χ3v) is 4.13. The Balaban J connectivity index is 1.88. The van der Waals surface area contributed by atoms with Crippen molar-refractivity contribution in [2.45, 2.75) is 25.3 Å². The van der Waals surface area contributed by atoms with Crippen molar-refractivity contribution >= 4 is 17.3 Å². The van der Waals surface area contributed by atoms with E-state index < -0.39 is 0 Å². The SMILES string of the molecule is N#Cc1cc(NC2CCCc3ccccc32)ccc1Cl. The molecule has 0 bridgehead atoms. The zero-order valence-corrected chi connectivity index (χ0v) is 11.8. The first-order chi connectivity index (χ1) is 9.78. The molecular weight excluding hydrogens is 268 g/mol. The summed E-state index contributed by atoms with van der Waals surface area (Å²) in [6, 6.07) is 16.5. The van der Waals surface area contributed by atoms with E-state index in [1.807, 2.05) is 12.1 Å². The molecule has 1 aliphatic rings. The summed E-state index contributed by atoms with van der Waals surface area (Å²) in [5.74, 6) is 0. The molecule has 0 saturated carbocycles. The number of nitriles is 1. The molecule has 2 nitrogen and oxygen atoms in total. The standard InChI is InChI=1S/C17H15ClN2/c18-16-9-8-14(10-13(16)11-19)20-17-7-3-5-12-4-1-2-6-15(12)17/h1-2,4,6,8-10,17,20H,3,5,7H2. The summed E-state index contributed by atoms with van der Waals surface area (Å²) in [6.45, 7) is 0. The molecule has 2 aromatic rings. The smallest absolute Gasteiger partial charge is 0.101 e. The van der Waals surface area contributed by atoms with Crippen LogP contribution in [0.3, 0.4) is 0 Å². The molecule has 1 atom stereocenters. The molecular formula is C17H15ClN2. The first-order valence-electron chi connectivity index (χ1n) is 6.82. The van der Waals surface area contributed by atoms with Gasteiger partial charge in [0.1, 0.15) is 6.07 Å². The molecule has 0 saturated heterocycles. The number of nitrogens with one attached hydrogen (secondary N) is 1. The molecule has 1 unspecified atom stereocenters. The molecule has 1 N–H and O–H groups in total. The third-order valence-electron chi connectivity index (χ3n) is 3.80. The van der Waals surface area contributed by atoms with Crippen LogP contribution in [-0.2, 0) is 6.42 Å². The monoisotopic (exact) mass is 282 g/mol. The maximum Gasteiger partial charge on any atom is 0.101 e. The summed E-state index contributed by atoms with van der Waals surface area (Å²) in [4.78, 5) is 0. The number of nitrogens with zero attached hydrogens (tertiary/aromatic N) is 1. The molecule has 2 aromatic carbocycles. The van der Waals surface area contributed by atoms with Crippen molar-refractivity contribution in [3.63, 3.8) is 0 Å². The summed E-state index contributed by atoms with van der Waals surface area (Å²) in [6.07, 6.45) is 3.45. The maximum absolute atomic E-state index is 9.04. The fraction of sp³-hybridized carbons (Fsp3) is 0.235. The van der Waals surface area contributed by atoms with Crippen LogP contribution in [0.25, 0.3) is 0 Å². The Morgan fingerprint density at radius 3 is 2.90 bits per heavy atom. The van der Waals surface area contributed by atoms with Gasteiger partial charge in [0.05, 0.1) is 16.6 Å². The highest BCUT2D eigenvalue weighted by molar-refractivity contribution is 6.31. The number of fused-ring (bicyclic) bond motifs is 1. The van der Waals surface area contributed by atoms with Gasteiger partial charge in [0.15, 0.2) is 0 Å². The quantitative estimate of drug-likeness (QED) is 0.866. The molecule has 100 valence electrons. The minimum Gasteiger partial charge on any atom is -0.378 e. The highest BCUT2D eigenvalue weighted by atomic mass is 35.5. The average molecular weight is 283 g/mol. The highest BCUT2D eigenvalue weighted by Crippen LogP contribution is 2.33. The number of aryl methyl sites for hydroxylation is 1. The zero-order valence-electron chi connectivity index (χ0n) is 11.1. The number of halogens is 1. The third kappa shape index (κ3) is 2.50. The van der Waals surface area contributed by atoms with Crippen LogP contribution in [-0.4, -0.2) is 0 Å². The van der Waals surface area contributed by atoms with E-state index in [4.69, 9.17) is 16.9 Å². The molecule has 1 aliphatic carbocycles. The van der Waals surface area contributed by atoms with E-state index in [0.717, 1.165) is 18.5 Å². The number of anilines is 1. The van der Waals surface area contributed by atoms with Crippen LogP contribution in [0.15, 0.2) is 42.5 Å². The number of rotatable bonds is 2. The van der Waals surface area contributed by atoms with Gasteiger partial charge in [-0.05, 0) is 48.6 Å². The van der Waals surface area contributed by atoms with Gasteiger partial charge >= 0.3 is 0 Å². The summed E-state index contributed by atoms with van der Waals surface area (Å²) in [5, 5.41) is 13.1. The van der Waals surface area contributed by atoms with Crippen LogP contribution in [0.4, 0.5) is 5.69 Å². The average Bonchev–Trinajstić information content (AvgIpc) is 2.49. The normalized spacial score (nSPS) is 17.1. The molecule has 3 rings (SSSR count). The molecule has 0 amide bonds. The Kier molecular flexibility index (Phi) is 3.62. The minimum atomic E-state index is 0.313. The zero-order chi connectivity index (χ0) is 13.9. The van der Waals surface area contributed by atoms with Crippen LogP contribution in [0.1, 0.15) is 35.6 Å². The van der Waals surface area contributed by atoms with E-state index in [9.17, 15) is 0 Å². The molecule has 0 fully saturated rings. The number of hydrogen-bond acceptors (Lipinski definition) is 2. The summed E-state index contributed by atoms with van der Waals surface area (Å²) < 4.78 is 0. The lowest BCUT2D eigenvalue weighted by molar-refractivity contribution is 0.600. The lowest BCUT2D eigenvalue weighted by Crippen LogP contribution is -2.17. The van der Waals surface area contributed by atoms with Crippen LogP contribution < -0.4 is 5.32 Å². The van der Waals surface area contributed by atoms with Crippen molar-refractivity contribution < 1.29 is 0 Å². The van der Waals surface area contributed by atoms with Gasteiger partial charge in [-0.2, -0.15) is 5.26 Å². The van der Waals surface area contributed by atoms with E-state index in [1.54, 1.807) is 6.07 Å². The van der Waals surface area contributed by atoms with Crippen LogP contribution in [0.5, 0.6) is 0 Å². The van der Waals surface area contributed by atoms with E-state index in [0.29, 0.717) is 16.6 Å². The Morgan fingerprint density at radius 1 is 1.20 bits per heavy atom. The second-order valence-electron chi connectivity index (χ2n) is 5.09. The first kappa shape index (κ1) is 13.0. The number of benzene rings is 2. The molecule has 20 heavy (non-hydrogen) atoms. The van der Waals surface area contributed by atoms with Crippen molar-refractivity contribution in [1.29, 1.82) is 5.26 Å². The van der Waals surface area contributed by atoms with Gasteiger partial charge in [0.2, 0.25) is 0 Å². The Labute approximate surface area is 124 Å². The predicted octanol–water partition coefficient (Wildman–Crippen LogP) is 4.70. The van der Waals surface area contributed by atoms with Crippen LogP contribution in [0, 0.1) is 11.3 Å². The molecule has 3 heteroatoms. The van der Waals surface area contributed by atoms with E-state index >= 15 is 0 Å². The summed E-state index contributed by atoms with van der Waals surface area (Å²) >= 11 is 5.97. The molecule has 0 aromatic heterocycles. The summed E-state index contributed by atoms with van der Waals surface area (Å²) in [7, 11) is 0. The van der Waals surface area contributed by atoms with Crippen LogP contribution >= 0.6 is 11.6 Å². The predicted molar refractivity (Wildman–Crippen MR) is 81.9 cm³/mol. The van der Waals surface area contributed by atoms with Crippen LogP contribution in [0.2, 0.25) is 5.02 Å². The van der Waals surface area contributed by atoms with Gasteiger partial charge in [-0.3, -0.25) is 0 Å². The lowest BCUT2D eigenvalue weighted by atomic mass is 9.87. The second kappa shape index (κ2) is 5.56. The van der Waals surface area contributed by atoms with E-state index in [2.05, 4.69) is 35.7 Å². The second-order valence-corrected chi connectivity index (χ2v) is 5.50. The van der Waals surface area contributed by atoms with Gasteiger partial charge in [0, 0.05) is 5.69 Å². The fourth-order valence-corrected chi connectivity index (χ4v) is 2.97.